The van der Waals surface area contributed by atoms with Gasteiger partial charge in [0.25, 0.3) is 0 Å². The molecule has 0 aromatic rings. The summed E-state index contributed by atoms with van der Waals surface area (Å²) in [6.45, 7) is 7.93. The molecule has 0 spiro atoms. The standard InChI is InChI=1S/C10H20N2O2S/c1-8(2)5-11-10(15)12-6-9-7-13-3-4-14-9/h8-9H,3-7H2,1-2H3,(H2,11,12,15). The van der Waals surface area contributed by atoms with Crippen molar-refractivity contribution in [2.24, 2.45) is 5.92 Å². The van der Waals surface area contributed by atoms with Crippen molar-refractivity contribution in [2.75, 3.05) is 32.9 Å². The Morgan fingerprint density at radius 2 is 2.20 bits per heavy atom. The maximum Gasteiger partial charge on any atom is 0.166 e. The SMILES string of the molecule is CC(C)CNC(=S)NCC1COCCO1. The Bertz CT molecular complexity index is 194. The first kappa shape index (κ1) is 12.7. The fourth-order valence-electron chi connectivity index (χ4n) is 1.22. The number of nitrogens with one attached hydrogen (secondary N) is 2. The highest BCUT2D eigenvalue weighted by Gasteiger charge is 2.13. The van der Waals surface area contributed by atoms with Gasteiger partial charge in [-0.3, -0.25) is 0 Å². The van der Waals surface area contributed by atoms with Gasteiger partial charge < -0.3 is 20.1 Å². The molecule has 15 heavy (non-hydrogen) atoms. The minimum Gasteiger partial charge on any atom is -0.376 e. The quantitative estimate of drug-likeness (QED) is 0.692. The third-order valence-electron chi connectivity index (χ3n) is 2.05. The highest BCUT2D eigenvalue weighted by Crippen LogP contribution is 1.98. The van der Waals surface area contributed by atoms with Crippen LogP contribution in [0.2, 0.25) is 0 Å². The summed E-state index contributed by atoms with van der Waals surface area (Å²) < 4.78 is 10.8. The number of hydrogen-bond acceptors (Lipinski definition) is 3. The molecule has 1 fully saturated rings. The lowest BCUT2D eigenvalue weighted by atomic mass is 10.2. The molecule has 0 saturated carbocycles. The number of thiocarbonyl (C=S) groups is 1. The van der Waals surface area contributed by atoms with Gasteiger partial charge in [0.05, 0.1) is 25.9 Å². The molecule has 0 bridgehead atoms. The zero-order chi connectivity index (χ0) is 11.1. The van der Waals surface area contributed by atoms with Crippen LogP contribution in [0.5, 0.6) is 0 Å². The first-order valence-corrected chi connectivity index (χ1v) is 5.80. The second-order valence-electron chi connectivity index (χ2n) is 4.05. The van der Waals surface area contributed by atoms with Gasteiger partial charge >= 0.3 is 0 Å². The molecule has 4 nitrogen and oxygen atoms in total. The van der Waals surface area contributed by atoms with Crippen LogP contribution in [0.4, 0.5) is 0 Å². The molecule has 2 N–H and O–H groups in total. The lowest BCUT2D eigenvalue weighted by Gasteiger charge is -2.23. The molecular weight excluding hydrogens is 212 g/mol. The summed E-state index contributed by atoms with van der Waals surface area (Å²) in [7, 11) is 0. The van der Waals surface area contributed by atoms with E-state index in [9.17, 15) is 0 Å². The molecule has 1 saturated heterocycles. The van der Waals surface area contributed by atoms with Gasteiger partial charge in [-0.2, -0.15) is 0 Å². The van der Waals surface area contributed by atoms with E-state index in [1.165, 1.54) is 0 Å². The zero-order valence-corrected chi connectivity index (χ0v) is 10.2. The van der Waals surface area contributed by atoms with Crippen LogP contribution in [-0.4, -0.2) is 44.1 Å². The molecule has 1 rings (SSSR count). The third kappa shape index (κ3) is 5.92. The van der Waals surface area contributed by atoms with Crippen LogP contribution in [0.3, 0.4) is 0 Å². The smallest absolute Gasteiger partial charge is 0.166 e. The minimum atomic E-state index is 0.123. The van der Waals surface area contributed by atoms with Gasteiger partial charge in [-0.1, -0.05) is 13.8 Å². The summed E-state index contributed by atoms with van der Waals surface area (Å²) in [6, 6.07) is 0. The van der Waals surface area contributed by atoms with E-state index in [0.717, 1.165) is 6.54 Å². The average molecular weight is 232 g/mol. The van der Waals surface area contributed by atoms with Crippen LogP contribution < -0.4 is 10.6 Å². The molecule has 0 amide bonds. The summed E-state index contributed by atoms with van der Waals surface area (Å²) in [5.41, 5.74) is 0. The lowest BCUT2D eigenvalue weighted by Crippen LogP contribution is -2.44. The number of rotatable bonds is 4. The van der Waals surface area contributed by atoms with Gasteiger partial charge in [0.1, 0.15) is 0 Å². The second-order valence-corrected chi connectivity index (χ2v) is 4.46. The summed E-state index contributed by atoms with van der Waals surface area (Å²) in [6.07, 6.45) is 0.123. The van der Waals surface area contributed by atoms with E-state index >= 15 is 0 Å². The molecule has 1 aliphatic rings. The van der Waals surface area contributed by atoms with E-state index in [1.807, 2.05) is 0 Å². The molecule has 1 heterocycles. The van der Waals surface area contributed by atoms with Crippen molar-refractivity contribution in [2.45, 2.75) is 20.0 Å². The molecule has 1 unspecified atom stereocenters. The van der Waals surface area contributed by atoms with Gasteiger partial charge in [0.15, 0.2) is 5.11 Å². The summed E-state index contributed by atoms with van der Waals surface area (Å²) in [5.74, 6) is 0.596. The number of ether oxygens (including phenoxy) is 2. The normalized spacial score (nSPS) is 21.4. The van der Waals surface area contributed by atoms with Crippen LogP contribution in [0.1, 0.15) is 13.8 Å². The monoisotopic (exact) mass is 232 g/mol. The van der Waals surface area contributed by atoms with Gasteiger partial charge in [-0.25, -0.2) is 0 Å². The fraction of sp³-hybridized carbons (Fsp3) is 0.900. The summed E-state index contributed by atoms with van der Waals surface area (Å²) in [4.78, 5) is 0. The van der Waals surface area contributed by atoms with E-state index in [4.69, 9.17) is 21.7 Å². The lowest BCUT2D eigenvalue weighted by molar-refractivity contribution is -0.0849. The summed E-state index contributed by atoms with van der Waals surface area (Å²) >= 11 is 5.12. The van der Waals surface area contributed by atoms with E-state index in [0.29, 0.717) is 37.4 Å². The van der Waals surface area contributed by atoms with E-state index in [-0.39, 0.29) is 6.10 Å². The van der Waals surface area contributed by atoms with Crippen LogP contribution in [0, 0.1) is 5.92 Å². The Morgan fingerprint density at radius 3 is 2.80 bits per heavy atom. The highest BCUT2D eigenvalue weighted by molar-refractivity contribution is 7.80. The van der Waals surface area contributed by atoms with E-state index < -0.39 is 0 Å². The van der Waals surface area contributed by atoms with Crippen LogP contribution in [0.15, 0.2) is 0 Å². The van der Waals surface area contributed by atoms with Gasteiger partial charge in [-0.05, 0) is 18.1 Å². The predicted octanol–water partition coefficient (Wildman–Crippen LogP) is 0.522. The molecule has 88 valence electrons. The molecule has 1 atom stereocenters. The average Bonchev–Trinajstić information content (AvgIpc) is 2.25. The molecular formula is C10H20N2O2S. The van der Waals surface area contributed by atoms with Crippen molar-refractivity contribution in [1.82, 2.24) is 10.6 Å². The Morgan fingerprint density at radius 1 is 1.40 bits per heavy atom. The van der Waals surface area contributed by atoms with E-state index in [1.54, 1.807) is 0 Å². The first-order valence-electron chi connectivity index (χ1n) is 5.39. The molecule has 1 aliphatic heterocycles. The van der Waals surface area contributed by atoms with Crippen molar-refractivity contribution in [3.63, 3.8) is 0 Å². The Balaban J connectivity index is 2.05. The second kappa shape index (κ2) is 6.98. The fourth-order valence-corrected chi connectivity index (χ4v) is 1.39. The molecule has 0 aromatic heterocycles. The molecule has 0 aliphatic carbocycles. The van der Waals surface area contributed by atoms with Gasteiger partial charge in [0, 0.05) is 13.1 Å². The van der Waals surface area contributed by atoms with Crippen molar-refractivity contribution in [3.8, 4) is 0 Å². The summed E-state index contributed by atoms with van der Waals surface area (Å²) in [5, 5.41) is 6.96. The Kier molecular flexibility index (Phi) is 5.90. The van der Waals surface area contributed by atoms with Crippen LogP contribution >= 0.6 is 12.2 Å². The molecule has 0 radical (unpaired) electrons. The van der Waals surface area contributed by atoms with Crippen molar-refractivity contribution >= 4 is 17.3 Å². The van der Waals surface area contributed by atoms with E-state index in [2.05, 4.69) is 24.5 Å². The zero-order valence-electron chi connectivity index (χ0n) is 9.41. The Labute approximate surface area is 96.7 Å². The van der Waals surface area contributed by atoms with Crippen LogP contribution in [0.25, 0.3) is 0 Å². The minimum absolute atomic E-state index is 0.123. The van der Waals surface area contributed by atoms with Gasteiger partial charge in [-0.15, -0.1) is 0 Å². The topological polar surface area (TPSA) is 42.5 Å². The molecule has 5 heteroatoms. The first-order chi connectivity index (χ1) is 7.18. The Hall–Kier alpha value is -0.390. The maximum atomic E-state index is 5.48. The third-order valence-corrected chi connectivity index (χ3v) is 2.33. The van der Waals surface area contributed by atoms with Crippen LogP contribution in [-0.2, 0) is 9.47 Å². The maximum absolute atomic E-state index is 5.48. The molecule has 0 aromatic carbocycles. The highest BCUT2D eigenvalue weighted by atomic mass is 32.1. The van der Waals surface area contributed by atoms with Crippen molar-refractivity contribution < 1.29 is 9.47 Å². The van der Waals surface area contributed by atoms with Crippen molar-refractivity contribution in [3.05, 3.63) is 0 Å². The number of hydrogen-bond donors (Lipinski definition) is 2. The van der Waals surface area contributed by atoms with Crippen molar-refractivity contribution in [1.29, 1.82) is 0 Å². The largest absolute Gasteiger partial charge is 0.376 e. The predicted molar refractivity (Wildman–Crippen MR) is 64.0 cm³/mol. The van der Waals surface area contributed by atoms with Gasteiger partial charge in [0.2, 0.25) is 0 Å².